The van der Waals surface area contributed by atoms with Crippen LogP contribution < -0.4 is 5.73 Å². The van der Waals surface area contributed by atoms with Crippen molar-refractivity contribution in [2.45, 2.75) is 6.54 Å². The lowest BCUT2D eigenvalue weighted by Crippen LogP contribution is -2.51. The minimum Gasteiger partial charge on any atom is -0.453 e. The molecule has 0 atom stereocenters. The molecule has 9 nitrogen and oxygen atoms in total. The molecule has 0 unspecified atom stereocenters. The first-order valence-electron chi connectivity index (χ1n) is 5.85. The minimum absolute atomic E-state index is 0.0746. The minimum atomic E-state index is -0.365. The molecule has 0 bridgehead atoms. The third kappa shape index (κ3) is 3.12. The Morgan fingerprint density at radius 1 is 1.32 bits per heavy atom. The highest BCUT2D eigenvalue weighted by Gasteiger charge is 2.24. The first kappa shape index (κ1) is 13.1. The molecule has 2 N–H and O–H groups in total. The SMILES string of the molecule is COC(=O)N1CCN(C(=O)Cn2cnc(N)n2)CC1. The molecule has 2 heterocycles. The lowest BCUT2D eigenvalue weighted by molar-refractivity contribution is -0.133. The molecule has 0 aliphatic carbocycles. The normalized spacial score (nSPS) is 15.4. The Morgan fingerprint density at radius 3 is 2.47 bits per heavy atom. The molecular weight excluding hydrogens is 252 g/mol. The van der Waals surface area contributed by atoms with E-state index in [1.54, 1.807) is 9.80 Å². The third-order valence-corrected chi connectivity index (χ3v) is 2.92. The molecule has 1 saturated heterocycles. The van der Waals surface area contributed by atoms with Crippen LogP contribution in [0.5, 0.6) is 0 Å². The van der Waals surface area contributed by atoms with Gasteiger partial charge in [-0.2, -0.15) is 0 Å². The number of amides is 2. The standard InChI is InChI=1S/C10H16N6O3/c1-19-10(18)15-4-2-14(3-5-15)8(17)6-16-7-12-9(11)13-16/h7H,2-6H2,1H3,(H2,11,13). The number of carbonyl (C=O) groups is 2. The van der Waals surface area contributed by atoms with Crippen LogP contribution in [0.4, 0.5) is 10.7 Å². The van der Waals surface area contributed by atoms with Gasteiger partial charge in [0.25, 0.3) is 0 Å². The van der Waals surface area contributed by atoms with Gasteiger partial charge in [0, 0.05) is 26.2 Å². The van der Waals surface area contributed by atoms with Gasteiger partial charge in [0.2, 0.25) is 11.9 Å². The van der Waals surface area contributed by atoms with Gasteiger partial charge in [-0.25, -0.2) is 14.5 Å². The highest BCUT2D eigenvalue weighted by molar-refractivity contribution is 5.76. The smallest absolute Gasteiger partial charge is 0.409 e. The van der Waals surface area contributed by atoms with Gasteiger partial charge in [-0.05, 0) is 0 Å². The molecule has 1 aromatic heterocycles. The summed E-state index contributed by atoms with van der Waals surface area (Å²) in [5.41, 5.74) is 5.37. The quantitative estimate of drug-likeness (QED) is 0.720. The number of aromatic nitrogens is 3. The number of nitrogen functional groups attached to an aromatic ring is 1. The van der Waals surface area contributed by atoms with Gasteiger partial charge in [-0.1, -0.05) is 0 Å². The summed E-state index contributed by atoms with van der Waals surface area (Å²) in [6.07, 6.45) is 1.05. The molecule has 0 aromatic carbocycles. The Hall–Kier alpha value is -2.32. The number of methoxy groups -OCH3 is 1. The van der Waals surface area contributed by atoms with Crippen LogP contribution in [0.15, 0.2) is 6.33 Å². The van der Waals surface area contributed by atoms with Crippen molar-refractivity contribution in [1.29, 1.82) is 0 Å². The summed E-state index contributed by atoms with van der Waals surface area (Å²) < 4.78 is 6.02. The predicted octanol–water partition coefficient (Wildman–Crippen LogP) is -1.23. The summed E-state index contributed by atoms with van der Waals surface area (Å²) in [6.45, 7) is 2.01. The topological polar surface area (TPSA) is 107 Å². The van der Waals surface area contributed by atoms with Gasteiger partial charge in [0.15, 0.2) is 0 Å². The van der Waals surface area contributed by atoms with E-state index in [2.05, 4.69) is 14.8 Å². The van der Waals surface area contributed by atoms with Gasteiger partial charge >= 0.3 is 6.09 Å². The van der Waals surface area contributed by atoms with Crippen molar-refractivity contribution in [2.24, 2.45) is 0 Å². The molecule has 0 saturated carbocycles. The monoisotopic (exact) mass is 268 g/mol. The van der Waals surface area contributed by atoms with Crippen LogP contribution in [-0.4, -0.2) is 69.9 Å². The number of rotatable bonds is 2. The second kappa shape index (κ2) is 5.55. The Morgan fingerprint density at radius 2 is 1.95 bits per heavy atom. The Labute approximate surface area is 109 Å². The zero-order valence-electron chi connectivity index (χ0n) is 10.7. The van der Waals surface area contributed by atoms with E-state index < -0.39 is 0 Å². The lowest BCUT2D eigenvalue weighted by Gasteiger charge is -2.33. The van der Waals surface area contributed by atoms with E-state index in [0.29, 0.717) is 26.2 Å². The molecule has 2 rings (SSSR count). The number of ether oxygens (including phenoxy) is 1. The summed E-state index contributed by atoms with van der Waals surface area (Å²) in [5, 5.41) is 3.85. The Kier molecular flexibility index (Phi) is 3.83. The van der Waals surface area contributed by atoms with E-state index in [0.717, 1.165) is 0 Å². The maximum absolute atomic E-state index is 12.0. The maximum atomic E-state index is 12.0. The highest BCUT2D eigenvalue weighted by Crippen LogP contribution is 2.04. The summed E-state index contributed by atoms with van der Waals surface area (Å²) in [4.78, 5) is 30.3. The average Bonchev–Trinajstić information content (AvgIpc) is 2.83. The molecule has 1 aromatic rings. The summed E-state index contributed by atoms with van der Waals surface area (Å²) in [6, 6.07) is 0. The zero-order valence-corrected chi connectivity index (χ0v) is 10.7. The summed E-state index contributed by atoms with van der Waals surface area (Å²) in [7, 11) is 1.34. The second-order valence-electron chi connectivity index (χ2n) is 4.14. The van der Waals surface area contributed by atoms with Gasteiger partial charge in [-0.15, -0.1) is 5.10 Å². The van der Waals surface area contributed by atoms with Crippen molar-refractivity contribution in [3.8, 4) is 0 Å². The maximum Gasteiger partial charge on any atom is 0.409 e. The van der Waals surface area contributed by atoms with Crippen LogP contribution in [0.25, 0.3) is 0 Å². The van der Waals surface area contributed by atoms with Crippen LogP contribution in [0, 0.1) is 0 Å². The first-order valence-corrected chi connectivity index (χ1v) is 5.85. The molecule has 19 heavy (non-hydrogen) atoms. The van der Waals surface area contributed by atoms with Crippen molar-refractivity contribution < 1.29 is 14.3 Å². The fraction of sp³-hybridized carbons (Fsp3) is 0.600. The second-order valence-corrected chi connectivity index (χ2v) is 4.14. The van der Waals surface area contributed by atoms with Crippen molar-refractivity contribution in [2.75, 3.05) is 39.0 Å². The number of hydrogen-bond donors (Lipinski definition) is 1. The van der Waals surface area contributed by atoms with Gasteiger partial charge in [0.05, 0.1) is 7.11 Å². The zero-order chi connectivity index (χ0) is 13.8. The predicted molar refractivity (Wildman–Crippen MR) is 65.0 cm³/mol. The molecule has 0 radical (unpaired) electrons. The van der Waals surface area contributed by atoms with E-state index in [4.69, 9.17) is 5.73 Å². The van der Waals surface area contributed by atoms with Crippen LogP contribution in [0.1, 0.15) is 0 Å². The molecule has 2 amide bonds. The number of nitrogens with two attached hydrogens (primary N) is 1. The number of anilines is 1. The average molecular weight is 268 g/mol. The van der Waals surface area contributed by atoms with E-state index in [9.17, 15) is 9.59 Å². The highest BCUT2D eigenvalue weighted by atomic mass is 16.5. The summed E-state index contributed by atoms with van der Waals surface area (Å²) >= 11 is 0. The van der Waals surface area contributed by atoms with Crippen LogP contribution >= 0.6 is 0 Å². The molecule has 1 aliphatic heterocycles. The fourth-order valence-electron chi connectivity index (χ4n) is 1.89. The lowest BCUT2D eigenvalue weighted by atomic mass is 10.3. The van der Waals surface area contributed by atoms with Gasteiger partial charge in [0.1, 0.15) is 12.9 Å². The third-order valence-electron chi connectivity index (χ3n) is 2.92. The van der Waals surface area contributed by atoms with Gasteiger partial charge < -0.3 is 20.3 Å². The number of hydrogen-bond acceptors (Lipinski definition) is 6. The van der Waals surface area contributed by atoms with E-state index in [1.807, 2.05) is 0 Å². The van der Waals surface area contributed by atoms with Crippen molar-refractivity contribution in [3.05, 3.63) is 6.33 Å². The Balaban J connectivity index is 1.84. The van der Waals surface area contributed by atoms with Crippen molar-refractivity contribution in [1.82, 2.24) is 24.6 Å². The molecule has 1 fully saturated rings. The molecule has 1 aliphatic rings. The summed E-state index contributed by atoms with van der Waals surface area (Å²) in [5.74, 6) is 0.0673. The Bertz CT molecular complexity index is 466. The van der Waals surface area contributed by atoms with Crippen molar-refractivity contribution >= 4 is 17.9 Å². The number of piperazine rings is 1. The van der Waals surface area contributed by atoms with E-state index >= 15 is 0 Å². The molecule has 9 heteroatoms. The van der Waals surface area contributed by atoms with E-state index in [-0.39, 0.29) is 24.5 Å². The number of nitrogens with zero attached hydrogens (tertiary/aromatic N) is 5. The largest absolute Gasteiger partial charge is 0.453 e. The molecule has 0 spiro atoms. The van der Waals surface area contributed by atoms with Crippen molar-refractivity contribution in [3.63, 3.8) is 0 Å². The van der Waals surface area contributed by atoms with Crippen LogP contribution in [0.3, 0.4) is 0 Å². The van der Waals surface area contributed by atoms with Crippen LogP contribution in [-0.2, 0) is 16.1 Å². The fourth-order valence-corrected chi connectivity index (χ4v) is 1.89. The molecular formula is C10H16N6O3. The van der Waals surface area contributed by atoms with Crippen LogP contribution in [0.2, 0.25) is 0 Å². The number of carbonyl (C=O) groups excluding carboxylic acids is 2. The van der Waals surface area contributed by atoms with Gasteiger partial charge in [-0.3, -0.25) is 4.79 Å². The van der Waals surface area contributed by atoms with E-state index in [1.165, 1.54) is 18.1 Å². The first-order chi connectivity index (χ1) is 9.10. The molecule has 104 valence electrons.